The summed E-state index contributed by atoms with van der Waals surface area (Å²) in [6.45, 7) is 2.28. The Morgan fingerprint density at radius 2 is 0.885 bits per heavy atom. The van der Waals surface area contributed by atoms with Crippen LogP contribution in [-0.4, -0.2) is 25.4 Å². The van der Waals surface area contributed by atoms with Crippen molar-refractivity contribution in [2.24, 2.45) is 0 Å². The molecule has 0 radical (unpaired) electrons. The molecule has 0 bridgehead atoms. The Morgan fingerprint density at radius 3 is 1.19 bits per heavy atom. The molecule has 1 amide bonds. The van der Waals surface area contributed by atoms with Crippen LogP contribution >= 0.6 is 0 Å². The summed E-state index contributed by atoms with van der Waals surface area (Å²) in [5, 5.41) is 0.951. The molecule has 0 aliphatic carbocycles. The molecule has 0 aromatic carbocycles. The molecule has 0 aliphatic rings. The van der Waals surface area contributed by atoms with Gasteiger partial charge in [-0.05, 0) is 6.42 Å². The number of carbonyl (C=O) groups is 1. The van der Waals surface area contributed by atoms with Gasteiger partial charge in [-0.2, -0.15) is 0 Å². The number of rotatable bonds is 20. The zero-order chi connectivity index (χ0) is 19.3. The number of amides is 1. The van der Waals surface area contributed by atoms with Gasteiger partial charge in [-0.15, -0.1) is 0 Å². The maximum absolute atomic E-state index is 11.6. The van der Waals surface area contributed by atoms with E-state index in [1.165, 1.54) is 111 Å². The van der Waals surface area contributed by atoms with Crippen LogP contribution in [0.1, 0.15) is 122 Å². The first-order valence-electron chi connectivity index (χ1n) is 11.2. The molecule has 156 valence electrons. The van der Waals surface area contributed by atoms with Gasteiger partial charge in [0.2, 0.25) is 0 Å². The smallest absolute Gasteiger partial charge is 0.270 e. The molecule has 0 N–H and O–H groups in total. The zero-order valence-electron chi connectivity index (χ0n) is 17.9. The largest absolute Gasteiger partial charge is 0.273 e. The lowest BCUT2D eigenvalue weighted by atomic mass is 10.0. The van der Waals surface area contributed by atoms with E-state index in [2.05, 4.69) is 6.92 Å². The van der Waals surface area contributed by atoms with Crippen molar-refractivity contribution >= 4 is 5.91 Å². The Labute approximate surface area is 162 Å². The van der Waals surface area contributed by atoms with Crippen LogP contribution in [0.15, 0.2) is 0 Å². The Kier molecular flexibility index (Phi) is 20.2. The quantitative estimate of drug-likeness (QED) is 0.171. The summed E-state index contributed by atoms with van der Waals surface area (Å²) in [7, 11) is 2.88. The fourth-order valence-corrected chi connectivity index (χ4v) is 3.37. The summed E-state index contributed by atoms with van der Waals surface area (Å²) in [5.41, 5.74) is 0. The predicted octanol–water partition coefficient (Wildman–Crippen LogP) is 6.98. The fourth-order valence-electron chi connectivity index (χ4n) is 3.37. The molecule has 0 atom stereocenters. The predicted molar refractivity (Wildman–Crippen MR) is 110 cm³/mol. The van der Waals surface area contributed by atoms with E-state index < -0.39 is 0 Å². The first kappa shape index (κ1) is 25.4. The second-order valence-corrected chi connectivity index (χ2v) is 7.42. The van der Waals surface area contributed by atoms with Crippen molar-refractivity contribution in [1.29, 1.82) is 0 Å². The van der Waals surface area contributed by atoms with Crippen molar-refractivity contribution in [2.75, 3.05) is 14.2 Å². The van der Waals surface area contributed by atoms with Crippen LogP contribution in [0.2, 0.25) is 0 Å². The minimum absolute atomic E-state index is 0.101. The molecule has 0 heterocycles. The second kappa shape index (κ2) is 20.7. The minimum atomic E-state index is -0.101. The van der Waals surface area contributed by atoms with E-state index in [4.69, 9.17) is 9.68 Å². The van der Waals surface area contributed by atoms with Gasteiger partial charge in [0.15, 0.2) is 0 Å². The first-order chi connectivity index (χ1) is 12.8. The molecule has 0 fully saturated rings. The Balaban J connectivity index is 3.14. The highest BCUT2D eigenvalue weighted by Crippen LogP contribution is 2.14. The lowest BCUT2D eigenvalue weighted by Gasteiger charge is -2.15. The lowest BCUT2D eigenvalue weighted by molar-refractivity contribution is -0.317. The Bertz CT molecular complexity index is 293. The molecule has 4 nitrogen and oxygen atoms in total. The fraction of sp³-hybridized carbons (Fsp3) is 0.955. The van der Waals surface area contributed by atoms with Gasteiger partial charge in [-0.25, -0.2) is 9.68 Å². The van der Waals surface area contributed by atoms with Gasteiger partial charge >= 0.3 is 0 Å². The molecular weight excluding hydrogens is 326 g/mol. The van der Waals surface area contributed by atoms with Crippen LogP contribution in [0.25, 0.3) is 0 Å². The Hall–Kier alpha value is -0.610. The normalized spacial score (nSPS) is 11.0. The van der Waals surface area contributed by atoms with Gasteiger partial charge in [-0.3, -0.25) is 4.79 Å². The van der Waals surface area contributed by atoms with Crippen LogP contribution in [-0.2, 0) is 14.5 Å². The molecule has 0 aromatic rings. The number of carbonyl (C=O) groups excluding carboxylic acids is 1. The molecule has 0 spiro atoms. The summed E-state index contributed by atoms with van der Waals surface area (Å²) in [4.78, 5) is 21.3. The van der Waals surface area contributed by atoms with E-state index in [1.54, 1.807) is 0 Å². The molecule has 0 aromatic heterocycles. The number of hydrogen-bond acceptors (Lipinski definition) is 3. The average Bonchev–Trinajstić information content (AvgIpc) is 2.65. The third kappa shape index (κ3) is 16.8. The van der Waals surface area contributed by atoms with Gasteiger partial charge in [0.1, 0.15) is 0 Å². The highest BCUT2D eigenvalue weighted by molar-refractivity contribution is 5.73. The minimum Gasteiger partial charge on any atom is -0.270 e. The van der Waals surface area contributed by atoms with Crippen molar-refractivity contribution in [1.82, 2.24) is 5.23 Å². The molecule has 0 unspecified atom stereocenters. The van der Waals surface area contributed by atoms with Crippen molar-refractivity contribution in [2.45, 2.75) is 122 Å². The molecule has 0 saturated carbocycles. The molecule has 0 saturated heterocycles. The summed E-state index contributed by atoms with van der Waals surface area (Å²) in [6.07, 6.45) is 23.4. The summed E-state index contributed by atoms with van der Waals surface area (Å²) in [6, 6.07) is 0. The topological polar surface area (TPSA) is 38.8 Å². The maximum Gasteiger partial charge on any atom is 0.273 e. The van der Waals surface area contributed by atoms with Crippen LogP contribution in [0, 0.1) is 0 Å². The molecule has 26 heavy (non-hydrogen) atoms. The van der Waals surface area contributed by atoms with Crippen LogP contribution in [0.5, 0.6) is 0 Å². The highest BCUT2D eigenvalue weighted by atomic mass is 16.9. The van der Waals surface area contributed by atoms with Gasteiger partial charge in [0.05, 0.1) is 14.2 Å². The highest BCUT2D eigenvalue weighted by Gasteiger charge is 2.11. The van der Waals surface area contributed by atoms with Crippen LogP contribution < -0.4 is 0 Å². The molecule has 0 rings (SSSR count). The second-order valence-electron chi connectivity index (χ2n) is 7.42. The van der Waals surface area contributed by atoms with Crippen LogP contribution in [0.3, 0.4) is 0 Å². The maximum atomic E-state index is 11.6. The van der Waals surface area contributed by atoms with Gasteiger partial charge in [-0.1, -0.05) is 115 Å². The number of hydrogen-bond donors (Lipinski definition) is 0. The summed E-state index contributed by atoms with van der Waals surface area (Å²) >= 11 is 0. The molecular formula is C22H45NO3. The van der Waals surface area contributed by atoms with E-state index in [0.717, 1.165) is 18.1 Å². The monoisotopic (exact) mass is 371 g/mol. The van der Waals surface area contributed by atoms with Gasteiger partial charge in [0, 0.05) is 6.42 Å². The van der Waals surface area contributed by atoms with Crippen molar-refractivity contribution in [3.05, 3.63) is 0 Å². The van der Waals surface area contributed by atoms with Crippen molar-refractivity contribution < 1.29 is 14.5 Å². The average molecular weight is 372 g/mol. The number of hydroxylamine groups is 2. The first-order valence-corrected chi connectivity index (χ1v) is 11.2. The van der Waals surface area contributed by atoms with Crippen LogP contribution in [0.4, 0.5) is 0 Å². The van der Waals surface area contributed by atoms with E-state index in [-0.39, 0.29) is 5.91 Å². The van der Waals surface area contributed by atoms with Gasteiger partial charge < -0.3 is 0 Å². The Morgan fingerprint density at radius 1 is 0.577 bits per heavy atom. The zero-order valence-corrected chi connectivity index (χ0v) is 17.9. The van der Waals surface area contributed by atoms with Crippen molar-refractivity contribution in [3.63, 3.8) is 0 Å². The third-order valence-corrected chi connectivity index (χ3v) is 5.03. The van der Waals surface area contributed by atoms with E-state index >= 15 is 0 Å². The standard InChI is InChI=1S/C22H45NO3/c1-4-5-6-7-8-9-10-11-12-13-14-15-16-17-18-19-20-21-22(24)23(25-2)26-3/h4-21H2,1-3H3. The summed E-state index contributed by atoms with van der Waals surface area (Å²) < 4.78 is 0. The third-order valence-electron chi connectivity index (χ3n) is 5.03. The number of unbranched alkanes of at least 4 members (excludes halogenated alkanes) is 16. The SMILES string of the molecule is CCCCCCCCCCCCCCCCCCCC(=O)N(OC)OC. The molecule has 0 aliphatic heterocycles. The summed E-state index contributed by atoms with van der Waals surface area (Å²) in [5.74, 6) is -0.101. The molecule has 4 heteroatoms. The van der Waals surface area contributed by atoms with Gasteiger partial charge in [0.25, 0.3) is 5.91 Å². The van der Waals surface area contributed by atoms with E-state index in [1.807, 2.05) is 0 Å². The van der Waals surface area contributed by atoms with E-state index in [9.17, 15) is 4.79 Å². The van der Waals surface area contributed by atoms with Crippen molar-refractivity contribution in [3.8, 4) is 0 Å². The number of nitrogens with zero attached hydrogens (tertiary/aromatic N) is 1. The lowest BCUT2D eigenvalue weighted by Crippen LogP contribution is -2.28. The van der Waals surface area contributed by atoms with E-state index in [0.29, 0.717) is 6.42 Å².